The van der Waals surface area contributed by atoms with Gasteiger partial charge in [0.05, 0.1) is 6.42 Å². The first-order chi connectivity index (χ1) is 13.1. The summed E-state index contributed by atoms with van der Waals surface area (Å²) in [5.41, 5.74) is 0. The average Bonchev–Trinajstić information content (AvgIpc) is 2.65. The van der Waals surface area contributed by atoms with E-state index in [1.807, 2.05) is 6.92 Å². The Hall–Kier alpha value is -0.480. The van der Waals surface area contributed by atoms with Crippen molar-refractivity contribution in [3.05, 3.63) is 0 Å². The second-order valence-electron chi connectivity index (χ2n) is 6.48. The molecule has 0 aliphatic carbocycles. The van der Waals surface area contributed by atoms with Crippen LogP contribution < -0.4 is 5.32 Å². The van der Waals surface area contributed by atoms with Crippen LogP contribution in [-0.4, -0.2) is 99.3 Å². The molecule has 158 valence electrons. The highest BCUT2D eigenvalue weighted by Gasteiger charge is 2.12. The van der Waals surface area contributed by atoms with Gasteiger partial charge in [0.2, 0.25) is 0 Å². The lowest BCUT2D eigenvalue weighted by molar-refractivity contribution is -0.143. The Morgan fingerprint density at radius 1 is 0.926 bits per heavy atom. The van der Waals surface area contributed by atoms with E-state index in [2.05, 4.69) is 22.2 Å². The lowest BCUT2D eigenvalue weighted by Gasteiger charge is -2.32. The van der Waals surface area contributed by atoms with Crippen molar-refractivity contribution in [2.75, 3.05) is 77.6 Å². The van der Waals surface area contributed by atoms with Crippen molar-refractivity contribution in [3.8, 4) is 0 Å². The number of hydrogen-bond acceptors (Lipinski definition) is 9. The Balaban J connectivity index is 1.81. The van der Waals surface area contributed by atoms with E-state index in [-0.39, 0.29) is 11.9 Å². The lowest BCUT2D eigenvalue weighted by atomic mass is 10.3. The Labute approximate surface area is 171 Å². The third kappa shape index (κ3) is 14.2. The number of nitrogens with zero attached hydrogens (tertiary/aromatic N) is 2. The molecular formula is C18H35N3O4S2. The fraction of sp³-hybridized carbons (Fsp3) is 0.889. The van der Waals surface area contributed by atoms with E-state index in [1.165, 1.54) is 0 Å². The summed E-state index contributed by atoms with van der Waals surface area (Å²) in [4.78, 5) is 27.6. The molecule has 9 heteroatoms. The predicted octanol–water partition coefficient (Wildman–Crippen LogP) is 1.48. The van der Waals surface area contributed by atoms with E-state index < -0.39 is 0 Å². The highest BCUT2D eigenvalue weighted by atomic mass is 33.1. The van der Waals surface area contributed by atoms with Crippen molar-refractivity contribution in [1.82, 2.24) is 15.1 Å². The number of likely N-dealkylation sites (N-methyl/N-ethyl adjacent to an activating group) is 1. The standard InChI is InChI=1S/C18H35N3O4S2/c1-3-4-17(22)24-13-15-26-27-16-14-25-18(23)5-6-19-7-8-21-11-9-20(2)10-12-21/h19H,3-16H2,1-2H3. The molecule has 1 saturated heterocycles. The van der Waals surface area contributed by atoms with E-state index in [0.29, 0.717) is 32.6 Å². The van der Waals surface area contributed by atoms with Crippen molar-refractivity contribution in [1.29, 1.82) is 0 Å². The smallest absolute Gasteiger partial charge is 0.307 e. The zero-order valence-electron chi connectivity index (χ0n) is 16.7. The zero-order chi connectivity index (χ0) is 19.7. The Kier molecular flexibility index (Phi) is 15.0. The molecule has 0 radical (unpaired) electrons. The van der Waals surface area contributed by atoms with Crippen molar-refractivity contribution in [2.45, 2.75) is 26.2 Å². The van der Waals surface area contributed by atoms with Gasteiger partial charge in [0, 0.05) is 63.7 Å². The van der Waals surface area contributed by atoms with Gasteiger partial charge in [0.25, 0.3) is 0 Å². The van der Waals surface area contributed by atoms with Crippen molar-refractivity contribution >= 4 is 33.5 Å². The van der Waals surface area contributed by atoms with Crippen molar-refractivity contribution in [2.24, 2.45) is 0 Å². The lowest BCUT2D eigenvalue weighted by Crippen LogP contribution is -2.46. The third-order valence-electron chi connectivity index (χ3n) is 4.10. The number of rotatable bonds is 15. The average molecular weight is 422 g/mol. The molecule has 27 heavy (non-hydrogen) atoms. The van der Waals surface area contributed by atoms with Gasteiger partial charge in [-0.15, -0.1) is 0 Å². The van der Waals surface area contributed by atoms with Gasteiger partial charge in [-0.2, -0.15) is 0 Å². The minimum atomic E-state index is -0.152. The number of ether oxygens (including phenoxy) is 2. The monoisotopic (exact) mass is 421 g/mol. The van der Waals surface area contributed by atoms with Crippen LogP contribution in [0.5, 0.6) is 0 Å². The Morgan fingerprint density at radius 2 is 1.52 bits per heavy atom. The van der Waals surface area contributed by atoms with Crippen LogP contribution in [0.1, 0.15) is 26.2 Å². The van der Waals surface area contributed by atoms with Crippen LogP contribution in [0.4, 0.5) is 0 Å². The van der Waals surface area contributed by atoms with Crippen LogP contribution in [0.2, 0.25) is 0 Å². The topological polar surface area (TPSA) is 71.1 Å². The number of hydrogen-bond donors (Lipinski definition) is 1. The SMILES string of the molecule is CCCC(=O)OCCSSCCOC(=O)CCNCCN1CCN(C)CC1. The van der Waals surface area contributed by atoms with Crippen molar-refractivity contribution in [3.63, 3.8) is 0 Å². The van der Waals surface area contributed by atoms with E-state index in [9.17, 15) is 9.59 Å². The quantitative estimate of drug-likeness (QED) is 0.240. The van der Waals surface area contributed by atoms with E-state index in [1.54, 1.807) is 21.6 Å². The molecule has 1 heterocycles. The van der Waals surface area contributed by atoms with Crippen LogP contribution >= 0.6 is 21.6 Å². The van der Waals surface area contributed by atoms with E-state index in [0.717, 1.165) is 57.2 Å². The van der Waals surface area contributed by atoms with Gasteiger partial charge in [-0.3, -0.25) is 14.5 Å². The highest BCUT2D eigenvalue weighted by Crippen LogP contribution is 2.20. The summed E-state index contributed by atoms with van der Waals surface area (Å²) in [5, 5.41) is 3.31. The number of piperazine rings is 1. The first-order valence-corrected chi connectivity index (χ1v) is 12.3. The van der Waals surface area contributed by atoms with Gasteiger partial charge in [-0.05, 0) is 13.5 Å². The molecule has 0 amide bonds. The van der Waals surface area contributed by atoms with Crippen LogP contribution in [0.15, 0.2) is 0 Å². The van der Waals surface area contributed by atoms with Gasteiger partial charge >= 0.3 is 11.9 Å². The van der Waals surface area contributed by atoms with Gasteiger partial charge in [-0.25, -0.2) is 0 Å². The molecule has 0 aromatic rings. The molecule has 0 bridgehead atoms. The molecule has 1 rings (SSSR count). The number of esters is 2. The zero-order valence-corrected chi connectivity index (χ0v) is 18.4. The van der Waals surface area contributed by atoms with Gasteiger partial charge in [0.15, 0.2) is 0 Å². The minimum Gasteiger partial charge on any atom is -0.465 e. The van der Waals surface area contributed by atoms with E-state index in [4.69, 9.17) is 9.47 Å². The number of carbonyl (C=O) groups is 2. The largest absolute Gasteiger partial charge is 0.465 e. The van der Waals surface area contributed by atoms with Gasteiger partial charge in [-0.1, -0.05) is 28.5 Å². The third-order valence-corrected chi connectivity index (χ3v) is 6.44. The molecule has 1 aliphatic rings. The van der Waals surface area contributed by atoms with Gasteiger partial charge < -0.3 is 19.7 Å². The summed E-state index contributed by atoms with van der Waals surface area (Å²) in [7, 11) is 5.42. The summed E-state index contributed by atoms with van der Waals surface area (Å²) in [5.74, 6) is 1.22. The van der Waals surface area contributed by atoms with Gasteiger partial charge in [0.1, 0.15) is 13.2 Å². The summed E-state index contributed by atoms with van der Waals surface area (Å²) in [6.45, 7) is 9.93. The second-order valence-corrected chi connectivity index (χ2v) is 9.18. The van der Waals surface area contributed by atoms with Crippen LogP contribution in [0.3, 0.4) is 0 Å². The fourth-order valence-electron chi connectivity index (χ4n) is 2.47. The first kappa shape index (κ1) is 24.6. The molecule has 1 fully saturated rings. The molecule has 0 saturated carbocycles. The maximum atomic E-state index is 11.7. The maximum Gasteiger partial charge on any atom is 0.307 e. The van der Waals surface area contributed by atoms with Crippen LogP contribution in [0.25, 0.3) is 0 Å². The number of carbonyl (C=O) groups excluding carboxylic acids is 2. The summed E-state index contributed by atoms with van der Waals surface area (Å²) >= 11 is 0. The molecule has 7 nitrogen and oxygen atoms in total. The molecule has 0 unspecified atom stereocenters. The highest BCUT2D eigenvalue weighted by molar-refractivity contribution is 8.76. The first-order valence-electron chi connectivity index (χ1n) is 9.79. The Morgan fingerprint density at radius 3 is 2.11 bits per heavy atom. The minimum absolute atomic E-state index is 0.130. The summed E-state index contributed by atoms with van der Waals surface area (Å²) in [6, 6.07) is 0. The molecule has 0 atom stereocenters. The van der Waals surface area contributed by atoms with E-state index >= 15 is 0 Å². The Bertz CT molecular complexity index is 408. The second kappa shape index (κ2) is 16.5. The normalized spacial score (nSPS) is 15.6. The molecule has 0 aromatic carbocycles. The number of nitrogens with one attached hydrogen (secondary N) is 1. The molecule has 1 N–H and O–H groups in total. The van der Waals surface area contributed by atoms with Crippen LogP contribution in [-0.2, 0) is 19.1 Å². The molecule has 0 aromatic heterocycles. The summed E-state index contributed by atoms with van der Waals surface area (Å²) in [6.07, 6.45) is 1.71. The fourth-order valence-corrected chi connectivity index (χ4v) is 4.12. The molecular weight excluding hydrogens is 386 g/mol. The maximum absolute atomic E-state index is 11.7. The van der Waals surface area contributed by atoms with Crippen molar-refractivity contribution < 1.29 is 19.1 Å². The predicted molar refractivity (Wildman–Crippen MR) is 113 cm³/mol. The molecule has 0 spiro atoms. The molecule has 1 aliphatic heterocycles. The summed E-state index contributed by atoms with van der Waals surface area (Å²) < 4.78 is 10.3. The van der Waals surface area contributed by atoms with Crippen LogP contribution in [0, 0.1) is 0 Å².